The lowest BCUT2D eigenvalue weighted by atomic mass is 10.1. The van der Waals surface area contributed by atoms with Crippen molar-refractivity contribution in [3.05, 3.63) is 0 Å². The summed E-state index contributed by atoms with van der Waals surface area (Å²) in [5.41, 5.74) is 5.28. The highest BCUT2D eigenvalue weighted by atomic mass is 16.5. The Morgan fingerprint density at radius 1 is 1.33 bits per heavy atom. The Hall–Kier alpha value is -0.610. The molecule has 0 saturated heterocycles. The van der Waals surface area contributed by atoms with Crippen LogP contribution in [-0.4, -0.2) is 32.2 Å². The Kier molecular flexibility index (Phi) is 3.59. The molecule has 2 aliphatic rings. The molecule has 86 valence electrons. The van der Waals surface area contributed by atoms with Crippen molar-refractivity contribution in [2.45, 2.75) is 19.3 Å². The molecule has 0 aromatic heterocycles. The molecule has 15 heavy (non-hydrogen) atoms. The smallest absolute Gasteiger partial charge is 0.223 e. The molecule has 4 heteroatoms. The molecule has 0 aromatic carbocycles. The molecule has 4 nitrogen and oxygen atoms in total. The zero-order chi connectivity index (χ0) is 10.7. The molecule has 2 rings (SSSR count). The Bertz CT molecular complexity index is 223. The zero-order valence-electron chi connectivity index (χ0n) is 9.08. The predicted octanol–water partition coefficient (Wildman–Crippen LogP) is 0.124. The second-order valence-corrected chi connectivity index (χ2v) is 4.48. The standard InChI is InChI=1S/C11H20N2O2/c12-4-6-15-7-5-13-11(14)10-8-2-1-3-9(8)10/h8-10H,1-7,12H2,(H,13,14). The van der Waals surface area contributed by atoms with Gasteiger partial charge < -0.3 is 15.8 Å². The van der Waals surface area contributed by atoms with Crippen molar-refractivity contribution in [1.29, 1.82) is 0 Å². The highest BCUT2D eigenvalue weighted by Crippen LogP contribution is 2.57. The molecule has 2 aliphatic carbocycles. The van der Waals surface area contributed by atoms with Crippen LogP contribution in [0.15, 0.2) is 0 Å². The third kappa shape index (κ3) is 2.49. The number of fused-ring (bicyclic) bond motifs is 1. The number of nitrogens with one attached hydrogen (secondary N) is 1. The molecule has 2 fully saturated rings. The Balaban J connectivity index is 1.54. The van der Waals surface area contributed by atoms with Gasteiger partial charge in [-0.3, -0.25) is 4.79 Å². The van der Waals surface area contributed by atoms with Gasteiger partial charge in [0.15, 0.2) is 0 Å². The summed E-state index contributed by atoms with van der Waals surface area (Å²) >= 11 is 0. The van der Waals surface area contributed by atoms with Crippen molar-refractivity contribution in [2.75, 3.05) is 26.3 Å². The van der Waals surface area contributed by atoms with Gasteiger partial charge in [0.05, 0.1) is 13.2 Å². The van der Waals surface area contributed by atoms with Gasteiger partial charge >= 0.3 is 0 Å². The van der Waals surface area contributed by atoms with Gasteiger partial charge in [-0.15, -0.1) is 0 Å². The third-order valence-corrected chi connectivity index (χ3v) is 3.52. The van der Waals surface area contributed by atoms with Gasteiger partial charge in [0.2, 0.25) is 5.91 Å². The fourth-order valence-electron chi connectivity index (χ4n) is 2.76. The molecule has 1 amide bonds. The SMILES string of the molecule is NCCOCCNC(=O)C1C2CCCC21. The average molecular weight is 212 g/mol. The van der Waals surface area contributed by atoms with E-state index in [1.54, 1.807) is 0 Å². The van der Waals surface area contributed by atoms with Crippen LogP contribution in [0.5, 0.6) is 0 Å². The molecule has 2 saturated carbocycles. The number of hydrogen-bond acceptors (Lipinski definition) is 3. The van der Waals surface area contributed by atoms with Crippen molar-refractivity contribution in [3.8, 4) is 0 Å². The van der Waals surface area contributed by atoms with Gasteiger partial charge in [0.1, 0.15) is 0 Å². The number of ether oxygens (including phenoxy) is 1. The second-order valence-electron chi connectivity index (χ2n) is 4.48. The van der Waals surface area contributed by atoms with Gasteiger partial charge in [-0.2, -0.15) is 0 Å². The van der Waals surface area contributed by atoms with E-state index < -0.39 is 0 Å². The topological polar surface area (TPSA) is 64.3 Å². The van der Waals surface area contributed by atoms with Crippen LogP contribution in [0, 0.1) is 17.8 Å². The first-order valence-corrected chi connectivity index (χ1v) is 5.90. The van der Waals surface area contributed by atoms with Gasteiger partial charge in [0.25, 0.3) is 0 Å². The summed E-state index contributed by atoms with van der Waals surface area (Å²) in [7, 11) is 0. The van der Waals surface area contributed by atoms with Crippen LogP contribution in [0.25, 0.3) is 0 Å². The molecule has 0 radical (unpaired) electrons. The number of nitrogens with two attached hydrogens (primary N) is 1. The average Bonchev–Trinajstić information content (AvgIpc) is 2.72. The molecule has 2 unspecified atom stereocenters. The molecule has 0 bridgehead atoms. The number of carbonyl (C=O) groups is 1. The number of hydrogen-bond donors (Lipinski definition) is 2. The molecule has 0 aliphatic heterocycles. The summed E-state index contributed by atoms with van der Waals surface area (Å²) in [5, 5.41) is 2.93. The normalized spacial score (nSPS) is 32.5. The molecule has 0 aromatic rings. The Morgan fingerprint density at radius 2 is 2.07 bits per heavy atom. The van der Waals surface area contributed by atoms with E-state index in [4.69, 9.17) is 10.5 Å². The fourth-order valence-corrected chi connectivity index (χ4v) is 2.76. The quantitative estimate of drug-likeness (QED) is 0.615. The molecule has 0 heterocycles. The van der Waals surface area contributed by atoms with Gasteiger partial charge in [-0.1, -0.05) is 6.42 Å². The van der Waals surface area contributed by atoms with Gasteiger partial charge in [-0.25, -0.2) is 0 Å². The number of carbonyl (C=O) groups excluding carboxylic acids is 1. The Labute approximate surface area is 90.5 Å². The highest BCUT2D eigenvalue weighted by Gasteiger charge is 2.56. The zero-order valence-corrected chi connectivity index (χ0v) is 9.08. The van der Waals surface area contributed by atoms with Crippen LogP contribution in [0.3, 0.4) is 0 Å². The fraction of sp³-hybridized carbons (Fsp3) is 0.909. The van der Waals surface area contributed by atoms with Gasteiger partial charge in [0, 0.05) is 19.0 Å². The van der Waals surface area contributed by atoms with E-state index in [2.05, 4.69) is 5.32 Å². The summed E-state index contributed by atoms with van der Waals surface area (Å²) in [6, 6.07) is 0. The lowest BCUT2D eigenvalue weighted by Crippen LogP contribution is -2.30. The van der Waals surface area contributed by atoms with E-state index in [1.807, 2.05) is 0 Å². The third-order valence-electron chi connectivity index (χ3n) is 3.52. The lowest BCUT2D eigenvalue weighted by molar-refractivity contribution is -0.123. The second kappa shape index (κ2) is 4.94. The van der Waals surface area contributed by atoms with Crippen LogP contribution in [0.2, 0.25) is 0 Å². The minimum Gasteiger partial charge on any atom is -0.378 e. The highest BCUT2D eigenvalue weighted by molar-refractivity contribution is 5.82. The van der Waals surface area contributed by atoms with E-state index in [0.717, 1.165) is 0 Å². The maximum atomic E-state index is 11.7. The lowest BCUT2D eigenvalue weighted by Gasteiger charge is -2.06. The molecular formula is C11H20N2O2. The van der Waals surface area contributed by atoms with Crippen LogP contribution in [0.1, 0.15) is 19.3 Å². The minimum atomic E-state index is 0.237. The largest absolute Gasteiger partial charge is 0.378 e. The van der Waals surface area contributed by atoms with Crippen LogP contribution in [0.4, 0.5) is 0 Å². The van der Waals surface area contributed by atoms with E-state index in [0.29, 0.717) is 44.1 Å². The first kappa shape index (κ1) is 10.9. The van der Waals surface area contributed by atoms with E-state index in [-0.39, 0.29) is 5.91 Å². The molecular weight excluding hydrogens is 192 g/mol. The van der Waals surface area contributed by atoms with Crippen LogP contribution < -0.4 is 11.1 Å². The monoisotopic (exact) mass is 212 g/mol. The van der Waals surface area contributed by atoms with Crippen molar-refractivity contribution >= 4 is 5.91 Å². The summed E-state index contributed by atoms with van der Waals surface area (Å²) in [4.78, 5) is 11.7. The van der Waals surface area contributed by atoms with Crippen LogP contribution >= 0.6 is 0 Å². The van der Waals surface area contributed by atoms with E-state index >= 15 is 0 Å². The van der Waals surface area contributed by atoms with E-state index in [1.165, 1.54) is 19.3 Å². The number of amides is 1. The van der Waals surface area contributed by atoms with Crippen molar-refractivity contribution in [2.24, 2.45) is 23.5 Å². The first-order chi connectivity index (χ1) is 7.34. The maximum absolute atomic E-state index is 11.7. The molecule has 2 atom stereocenters. The number of rotatable bonds is 6. The molecule has 0 spiro atoms. The van der Waals surface area contributed by atoms with Crippen molar-refractivity contribution in [1.82, 2.24) is 5.32 Å². The molecule has 3 N–H and O–H groups in total. The Morgan fingerprint density at radius 3 is 2.73 bits per heavy atom. The van der Waals surface area contributed by atoms with E-state index in [9.17, 15) is 4.79 Å². The summed E-state index contributed by atoms with van der Waals surface area (Å²) in [6.07, 6.45) is 3.83. The van der Waals surface area contributed by atoms with Crippen molar-refractivity contribution < 1.29 is 9.53 Å². The first-order valence-electron chi connectivity index (χ1n) is 5.90. The minimum absolute atomic E-state index is 0.237. The predicted molar refractivity (Wildman–Crippen MR) is 57.2 cm³/mol. The summed E-state index contributed by atoms with van der Waals surface area (Å²) in [5.74, 6) is 1.97. The van der Waals surface area contributed by atoms with Crippen molar-refractivity contribution in [3.63, 3.8) is 0 Å². The van der Waals surface area contributed by atoms with Crippen LogP contribution in [-0.2, 0) is 9.53 Å². The van der Waals surface area contributed by atoms with Gasteiger partial charge in [-0.05, 0) is 24.7 Å². The maximum Gasteiger partial charge on any atom is 0.223 e. The summed E-state index contributed by atoms with van der Waals surface area (Å²) < 4.78 is 5.19. The summed E-state index contributed by atoms with van der Waals surface area (Å²) in [6.45, 7) is 2.31.